The van der Waals surface area contributed by atoms with Crippen molar-refractivity contribution < 1.29 is 19.1 Å². The molecule has 27 heavy (non-hydrogen) atoms. The fourth-order valence-electron chi connectivity index (χ4n) is 2.85. The Bertz CT molecular complexity index is 941. The van der Waals surface area contributed by atoms with Gasteiger partial charge in [0, 0.05) is 18.1 Å². The number of hydrogen-bond acceptors (Lipinski definition) is 5. The SMILES string of the molecule is CCOC(=O)c1[nH]c(C)c(C(=O)OCc2ccc(-n3cccn3)cc2)c1C. The number of H-pyrrole nitrogens is 1. The molecule has 0 spiro atoms. The van der Waals surface area contributed by atoms with Crippen molar-refractivity contribution in [3.63, 3.8) is 0 Å². The normalized spacial score (nSPS) is 10.6. The first-order valence-electron chi connectivity index (χ1n) is 8.63. The highest BCUT2D eigenvalue weighted by atomic mass is 16.5. The third-order valence-corrected chi connectivity index (χ3v) is 4.20. The van der Waals surface area contributed by atoms with Crippen LogP contribution in [0.25, 0.3) is 5.69 Å². The number of aromatic nitrogens is 3. The van der Waals surface area contributed by atoms with E-state index >= 15 is 0 Å². The molecule has 0 aliphatic carbocycles. The lowest BCUT2D eigenvalue weighted by molar-refractivity contribution is 0.0471. The predicted molar refractivity (Wildman–Crippen MR) is 98.9 cm³/mol. The van der Waals surface area contributed by atoms with E-state index in [9.17, 15) is 9.59 Å². The van der Waals surface area contributed by atoms with E-state index in [4.69, 9.17) is 9.47 Å². The molecule has 0 amide bonds. The van der Waals surface area contributed by atoms with Crippen molar-refractivity contribution >= 4 is 11.9 Å². The van der Waals surface area contributed by atoms with Crippen molar-refractivity contribution in [1.29, 1.82) is 0 Å². The maximum atomic E-state index is 12.5. The number of ether oxygens (including phenoxy) is 2. The van der Waals surface area contributed by atoms with Crippen LogP contribution in [0.5, 0.6) is 0 Å². The van der Waals surface area contributed by atoms with Crippen LogP contribution in [0.4, 0.5) is 0 Å². The van der Waals surface area contributed by atoms with E-state index in [0.717, 1.165) is 11.3 Å². The lowest BCUT2D eigenvalue weighted by Crippen LogP contribution is -2.09. The molecule has 0 saturated carbocycles. The minimum Gasteiger partial charge on any atom is -0.461 e. The van der Waals surface area contributed by atoms with E-state index in [-0.39, 0.29) is 18.9 Å². The Balaban J connectivity index is 1.68. The third-order valence-electron chi connectivity index (χ3n) is 4.20. The van der Waals surface area contributed by atoms with Gasteiger partial charge in [-0.3, -0.25) is 0 Å². The zero-order valence-corrected chi connectivity index (χ0v) is 15.5. The first kappa shape index (κ1) is 18.4. The van der Waals surface area contributed by atoms with Gasteiger partial charge in [-0.05, 0) is 50.1 Å². The average Bonchev–Trinajstić information content (AvgIpc) is 3.29. The number of nitrogens with one attached hydrogen (secondary N) is 1. The van der Waals surface area contributed by atoms with E-state index in [1.807, 2.05) is 36.5 Å². The fraction of sp³-hybridized carbons (Fsp3) is 0.250. The second-order valence-electron chi connectivity index (χ2n) is 6.04. The van der Waals surface area contributed by atoms with E-state index in [0.29, 0.717) is 16.8 Å². The number of hydrogen-bond donors (Lipinski definition) is 1. The molecular weight excluding hydrogens is 346 g/mol. The van der Waals surface area contributed by atoms with Gasteiger partial charge >= 0.3 is 11.9 Å². The number of nitrogens with zero attached hydrogens (tertiary/aromatic N) is 2. The standard InChI is InChI=1S/C20H21N3O4/c1-4-26-20(25)18-13(2)17(14(3)22-18)19(24)27-12-15-6-8-16(9-7-15)23-11-5-10-21-23/h5-11,22H,4,12H2,1-3H3. The molecule has 3 aromatic rings. The molecule has 1 N–H and O–H groups in total. The number of esters is 2. The lowest BCUT2D eigenvalue weighted by atomic mass is 10.1. The Hall–Kier alpha value is -3.35. The van der Waals surface area contributed by atoms with Crippen LogP contribution in [-0.4, -0.2) is 33.3 Å². The molecule has 0 aliphatic rings. The number of carbonyl (C=O) groups excluding carboxylic acids is 2. The molecule has 3 rings (SSSR count). The van der Waals surface area contributed by atoms with Gasteiger partial charge in [0.2, 0.25) is 0 Å². The Morgan fingerprint density at radius 2 is 1.85 bits per heavy atom. The summed E-state index contributed by atoms with van der Waals surface area (Å²) in [6.45, 7) is 5.56. The number of aromatic amines is 1. The van der Waals surface area contributed by atoms with Gasteiger partial charge in [-0.1, -0.05) is 12.1 Å². The van der Waals surface area contributed by atoms with Crippen LogP contribution in [0.15, 0.2) is 42.7 Å². The fourth-order valence-corrected chi connectivity index (χ4v) is 2.85. The summed E-state index contributed by atoms with van der Waals surface area (Å²) < 4.78 is 12.2. The molecule has 140 valence electrons. The first-order chi connectivity index (χ1) is 13.0. The summed E-state index contributed by atoms with van der Waals surface area (Å²) in [5.41, 5.74) is 3.54. The molecule has 0 radical (unpaired) electrons. The highest BCUT2D eigenvalue weighted by molar-refractivity contribution is 5.98. The van der Waals surface area contributed by atoms with Crippen LogP contribution >= 0.6 is 0 Å². The van der Waals surface area contributed by atoms with Crippen LogP contribution < -0.4 is 0 Å². The zero-order chi connectivity index (χ0) is 19.4. The number of aryl methyl sites for hydroxylation is 1. The maximum Gasteiger partial charge on any atom is 0.355 e. The summed E-state index contributed by atoms with van der Waals surface area (Å²) in [4.78, 5) is 27.4. The lowest BCUT2D eigenvalue weighted by Gasteiger charge is -2.07. The molecule has 0 bridgehead atoms. The average molecular weight is 367 g/mol. The zero-order valence-electron chi connectivity index (χ0n) is 15.5. The van der Waals surface area contributed by atoms with Gasteiger partial charge in [-0.2, -0.15) is 5.10 Å². The third kappa shape index (κ3) is 3.92. The molecule has 2 aromatic heterocycles. The summed E-state index contributed by atoms with van der Waals surface area (Å²) >= 11 is 0. The molecule has 7 heteroatoms. The minimum atomic E-state index is -0.480. The maximum absolute atomic E-state index is 12.5. The van der Waals surface area contributed by atoms with E-state index in [1.165, 1.54) is 0 Å². The molecule has 0 fully saturated rings. The molecular formula is C20H21N3O4. The van der Waals surface area contributed by atoms with Crippen LogP contribution in [-0.2, 0) is 16.1 Å². The second-order valence-corrected chi connectivity index (χ2v) is 6.04. The van der Waals surface area contributed by atoms with Gasteiger partial charge in [0.05, 0.1) is 17.9 Å². The Labute approximate surface area is 156 Å². The van der Waals surface area contributed by atoms with Crippen LogP contribution in [0.1, 0.15) is 44.6 Å². The molecule has 2 heterocycles. The molecule has 0 saturated heterocycles. The number of benzene rings is 1. The van der Waals surface area contributed by atoms with E-state index in [2.05, 4.69) is 10.1 Å². The van der Waals surface area contributed by atoms with Crippen LogP contribution in [0.2, 0.25) is 0 Å². The summed E-state index contributed by atoms with van der Waals surface area (Å²) in [6.07, 6.45) is 3.56. The molecule has 1 aromatic carbocycles. The first-order valence-corrected chi connectivity index (χ1v) is 8.63. The Morgan fingerprint density at radius 1 is 1.11 bits per heavy atom. The molecule has 0 atom stereocenters. The molecule has 7 nitrogen and oxygen atoms in total. The Morgan fingerprint density at radius 3 is 2.48 bits per heavy atom. The topological polar surface area (TPSA) is 86.2 Å². The summed E-state index contributed by atoms with van der Waals surface area (Å²) in [5, 5.41) is 4.17. The molecule has 0 aliphatic heterocycles. The van der Waals surface area contributed by atoms with Gasteiger partial charge in [-0.25, -0.2) is 14.3 Å². The summed E-state index contributed by atoms with van der Waals surface area (Å²) in [6, 6.07) is 9.42. The van der Waals surface area contributed by atoms with Gasteiger partial charge in [0.25, 0.3) is 0 Å². The molecule has 0 unspecified atom stereocenters. The quantitative estimate of drug-likeness (QED) is 0.675. The summed E-state index contributed by atoms with van der Waals surface area (Å²) in [5.74, 6) is -0.959. The number of rotatable bonds is 6. The van der Waals surface area contributed by atoms with Gasteiger partial charge in [0.1, 0.15) is 12.3 Å². The van der Waals surface area contributed by atoms with Gasteiger partial charge < -0.3 is 14.5 Å². The smallest absolute Gasteiger partial charge is 0.355 e. The van der Waals surface area contributed by atoms with Crippen LogP contribution in [0.3, 0.4) is 0 Å². The van der Waals surface area contributed by atoms with Crippen molar-refractivity contribution in [1.82, 2.24) is 14.8 Å². The van der Waals surface area contributed by atoms with Crippen molar-refractivity contribution in [2.75, 3.05) is 6.61 Å². The minimum absolute atomic E-state index is 0.136. The number of carbonyl (C=O) groups is 2. The van der Waals surface area contributed by atoms with Crippen molar-refractivity contribution in [3.8, 4) is 5.69 Å². The second kappa shape index (κ2) is 7.90. The van der Waals surface area contributed by atoms with Crippen LogP contribution in [0, 0.1) is 13.8 Å². The van der Waals surface area contributed by atoms with Gasteiger partial charge in [0.15, 0.2) is 0 Å². The van der Waals surface area contributed by atoms with E-state index < -0.39 is 11.9 Å². The Kier molecular flexibility index (Phi) is 5.40. The monoisotopic (exact) mass is 367 g/mol. The largest absolute Gasteiger partial charge is 0.461 e. The van der Waals surface area contributed by atoms with Gasteiger partial charge in [-0.15, -0.1) is 0 Å². The van der Waals surface area contributed by atoms with Crippen molar-refractivity contribution in [2.24, 2.45) is 0 Å². The highest BCUT2D eigenvalue weighted by Crippen LogP contribution is 2.20. The highest BCUT2D eigenvalue weighted by Gasteiger charge is 2.23. The van der Waals surface area contributed by atoms with Crippen molar-refractivity contribution in [3.05, 3.63) is 70.8 Å². The predicted octanol–water partition coefficient (Wildman–Crippen LogP) is 3.35. The van der Waals surface area contributed by atoms with E-state index in [1.54, 1.807) is 31.6 Å². The summed E-state index contributed by atoms with van der Waals surface area (Å²) in [7, 11) is 0. The van der Waals surface area contributed by atoms with Crippen molar-refractivity contribution in [2.45, 2.75) is 27.4 Å².